The van der Waals surface area contributed by atoms with Gasteiger partial charge in [-0.25, -0.2) is 8.42 Å². The third kappa shape index (κ3) is 4.60. The minimum Gasteiger partial charge on any atom is -0.359 e. The molecule has 136 valence electrons. The molecule has 0 spiro atoms. The fourth-order valence-corrected chi connectivity index (χ4v) is 2.71. The normalized spacial score (nSPS) is 11.6. The third-order valence-corrected chi connectivity index (χ3v) is 5.09. The van der Waals surface area contributed by atoms with Crippen LogP contribution in [0.1, 0.15) is 41.6 Å². The second-order valence-electron chi connectivity index (χ2n) is 6.31. The molecular formula is C17H23N3O4S. The smallest absolute Gasteiger partial charge is 0.254 e. The second-order valence-corrected chi connectivity index (χ2v) is 8.33. The molecular weight excluding hydrogens is 342 g/mol. The summed E-state index contributed by atoms with van der Waals surface area (Å²) < 4.78 is 29.5. The Balaban J connectivity index is 2.08. The number of rotatable bonds is 6. The maximum Gasteiger partial charge on any atom is 0.254 e. The van der Waals surface area contributed by atoms with Gasteiger partial charge in [0.1, 0.15) is 0 Å². The quantitative estimate of drug-likeness (QED) is 0.785. The van der Waals surface area contributed by atoms with Crippen molar-refractivity contribution in [2.24, 2.45) is 0 Å². The van der Waals surface area contributed by atoms with Crippen LogP contribution in [0.4, 0.5) is 5.69 Å². The van der Waals surface area contributed by atoms with E-state index in [1.807, 2.05) is 19.9 Å². The Morgan fingerprint density at radius 1 is 1.20 bits per heavy atom. The van der Waals surface area contributed by atoms with Crippen LogP contribution < -0.4 is 4.31 Å². The Kier molecular flexibility index (Phi) is 5.52. The molecule has 1 amide bonds. The van der Waals surface area contributed by atoms with Gasteiger partial charge in [-0.1, -0.05) is 19.0 Å². The molecule has 0 saturated carbocycles. The van der Waals surface area contributed by atoms with E-state index < -0.39 is 10.0 Å². The van der Waals surface area contributed by atoms with E-state index in [2.05, 4.69) is 5.16 Å². The number of benzene rings is 1. The summed E-state index contributed by atoms with van der Waals surface area (Å²) in [6.45, 7) is 4.35. The van der Waals surface area contributed by atoms with Crippen molar-refractivity contribution in [3.8, 4) is 0 Å². The number of nitrogens with zero attached hydrogens (tertiary/aromatic N) is 3. The number of aromatic nitrogens is 1. The molecule has 2 aromatic rings. The lowest BCUT2D eigenvalue weighted by molar-refractivity contribution is 0.0772. The average Bonchev–Trinajstić information content (AvgIpc) is 3.01. The molecule has 8 heteroatoms. The van der Waals surface area contributed by atoms with Crippen molar-refractivity contribution >= 4 is 21.6 Å². The molecule has 0 atom stereocenters. The number of hydrogen-bond donors (Lipinski definition) is 0. The molecule has 1 aromatic heterocycles. The van der Waals surface area contributed by atoms with Gasteiger partial charge < -0.3 is 9.42 Å². The molecule has 0 fully saturated rings. The standard InChI is InChI=1S/C17H23N3O4S/c1-12(2)16-10-15(24-18-16)11-19(3)17(21)13-6-8-14(9-7-13)20(4)25(5,22)23/h6-10,12H,11H2,1-5H3. The molecule has 25 heavy (non-hydrogen) atoms. The summed E-state index contributed by atoms with van der Waals surface area (Å²) in [4.78, 5) is 14.0. The Morgan fingerprint density at radius 2 is 1.80 bits per heavy atom. The number of hydrogen-bond acceptors (Lipinski definition) is 5. The first-order chi connectivity index (χ1) is 11.6. The van der Waals surface area contributed by atoms with E-state index in [1.54, 1.807) is 31.3 Å². The van der Waals surface area contributed by atoms with Crippen LogP contribution in [0.25, 0.3) is 0 Å². The number of sulfonamides is 1. The molecule has 0 aliphatic heterocycles. The first-order valence-electron chi connectivity index (χ1n) is 7.84. The average molecular weight is 365 g/mol. The van der Waals surface area contributed by atoms with Gasteiger partial charge in [0, 0.05) is 25.7 Å². The second kappa shape index (κ2) is 7.26. The summed E-state index contributed by atoms with van der Waals surface area (Å²) in [6.07, 6.45) is 1.13. The van der Waals surface area contributed by atoms with Crippen molar-refractivity contribution in [3.05, 3.63) is 47.3 Å². The van der Waals surface area contributed by atoms with Crippen molar-refractivity contribution in [2.75, 3.05) is 24.7 Å². The molecule has 0 unspecified atom stereocenters. The molecule has 0 aliphatic rings. The van der Waals surface area contributed by atoms with Crippen molar-refractivity contribution in [1.29, 1.82) is 0 Å². The minimum absolute atomic E-state index is 0.184. The van der Waals surface area contributed by atoms with Crippen molar-refractivity contribution in [2.45, 2.75) is 26.3 Å². The van der Waals surface area contributed by atoms with Crippen molar-refractivity contribution < 1.29 is 17.7 Å². The predicted octanol–water partition coefficient (Wildman–Crippen LogP) is 2.47. The van der Waals surface area contributed by atoms with Gasteiger partial charge in [0.2, 0.25) is 10.0 Å². The maximum absolute atomic E-state index is 12.5. The van der Waals surface area contributed by atoms with E-state index >= 15 is 0 Å². The van der Waals surface area contributed by atoms with Crippen molar-refractivity contribution in [1.82, 2.24) is 10.1 Å². The molecule has 2 rings (SSSR count). The fraction of sp³-hybridized carbons (Fsp3) is 0.412. The monoisotopic (exact) mass is 365 g/mol. The van der Waals surface area contributed by atoms with Gasteiger partial charge in [-0.3, -0.25) is 9.10 Å². The van der Waals surface area contributed by atoms with Gasteiger partial charge in [-0.15, -0.1) is 0 Å². The Bertz CT molecular complexity index is 841. The lowest BCUT2D eigenvalue weighted by Gasteiger charge is -2.18. The van der Waals surface area contributed by atoms with Gasteiger partial charge in [0.15, 0.2) is 5.76 Å². The number of carbonyl (C=O) groups is 1. The zero-order valence-corrected chi connectivity index (χ0v) is 15.9. The van der Waals surface area contributed by atoms with Crippen molar-refractivity contribution in [3.63, 3.8) is 0 Å². The summed E-state index contributed by atoms with van der Waals surface area (Å²) in [5.41, 5.74) is 1.82. The van der Waals surface area contributed by atoms with Crippen LogP contribution in [-0.4, -0.2) is 44.7 Å². The number of amides is 1. The summed E-state index contributed by atoms with van der Waals surface area (Å²) >= 11 is 0. The van der Waals surface area contributed by atoms with Crippen LogP contribution in [0.3, 0.4) is 0 Å². The molecule has 0 bridgehead atoms. The van der Waals surface area contributed by atoms with Crippen LogP contribution in [0.15, 0.2) is 34.9 Å². The van der Waals surface area contributed by atoms with Crippen LogP contribution in [0.5, 0.6) is 0 Å². The molecule has 0 N–H and O–H groups in total. The summed E-state index contributed by atoms with van der Waals surface area (Å²) in [5, 5.41) is 3.98. The van der Waals surface area contributed by atoms with Gasteiger partial charge in [0.25, 0.3) is 5.91 Å². The van der Waals surface area contributed by atoms with Gasteiger partial charge in [0.05, 0.1) is 24.2 Å². The van der Waals surface area contributed by atoms with E-state index in [-0.39, 0.29) is 11.8 Å². The molecule has 0 radical (unpaired) electrons. The van der Waals surface area contributed by atoms with E-state index in [4.69, 9.17) is 4.52 Å². The SMILES string of the molecule is CC(C)c1cc(CN(C)C(=O)c2ccc(N(C)S(C)(=O)=O)cc2)on1. The molecule has 1 aromatic carbocycles. The topological polar surface area (TPSA) is 83.7 Å². The van der Waals surface area contributed by atoms with E-state index in [1.165, 1.54) is 11.9 Å². The van der Waals surface area contributed by atoms with Crippen LogP contribution in [0, 0.1) is 0 Å². The summed E-state index contributed by atoms with van der Waals surface area (Å²) in [5.74, 6) is 0.696. The molecule has 1 heterocycles. The predicted molar refractivity (Wildman–Crippen MR) is 96.1 cm³/mol. The lowest BCUT2D eigenvalue weighted by atomic mass is 10.1. The zero-order chi connectivity index (χ0) is 18.8. The number of anilines is 1. The van der Waals surface area contributed by atoms with E-state index in [0.29, 0.717) is 23.6 Å². The highest BCUT2D eigenvalue weighted by atomic mass is 32.2. The van der Waals surface area contributed by atoms with Gasteiger partial charge in [-0.2, -0.15) is 0 Å². The van der Waals surface area contributed by atoms with Crippen LogP contribution >= 0.6 is 0 Å². The van der Waals surface area contributed by atoms with Crippen LogP contribution in [-0.2, 0) is 16.6 Å². The highest BCUT2D eigenvalue weighted by molar-refractivity contribution is 7.92. The Morgan fingerprint density at radius 3 is 2.28 bits per heavy atom. The zero-order valence-electron chi connectivity index (χ0n) is 15.1. The first-order valence-corrected chi connectivity index (χ1v) is 9.69. The number of carbonyl (C=O) groups excluding carboxylic acids is 1. The van der Waals surface area contributed by atoms with E-state index in [0.717, 1.165) is 16.3 Å². The third-order valence-electron chi connectivity index (χ3n) is 3.88. The molecule has 0 aliphatic carbocycles. The highest BCUT2D eigenvalue weighted by Crippen LogP contribution is 2.19. The molecule has 7 nitrogen and oxygen atoms in total. The largest absolute Gasteiger partial charge is 0.359 e. The van der Waals surface area contributed by atoms with Crippen LogP contribution in [0.2, 0.25) is 0 Å². The Hall–Kier alpha value is -2.35. The minimum atomic E-state index is -3.33. The van der Waals surface area contributed by atoms with E-state index in [9.17, 15) is 13.2 Å². The lowest BCUT2D eigenvalue weighted by Crippen LogP contribution is -2.27. The maximum atomic E-state index is 12.5. The first kappa shape index (κ1) is 19.0. The summed E-state index contributed by atoms with van der Waals surface area (Å²) in [7, 11) is -0.188. The fourth-order valence-electron chi connectivity index (χ4n) is 2.21. The highest BCUT2D eigenvalue weighted by Gasteiger charge is 2.17. The van der Waals surface area contributed by atoms with Gasteiger partial charge in [-0.05, 0) is 30.2 Å². The summed E-state index contributed by atoms with van der Waals surface area (Å²) in [6, 6.07) is 8.27. The Labute approximate surface area is 148 Å². The van der Waals surface area contributed by atoms with Gasteiger partial charge >= 0.3 is 0 Å². The molecule has 0 saturated heterocycles.